The summed E-state index contributed by atoms with van der Waals surface area (Å²) < 4.78 is 37.5. The molecular weight excluding hydrogens is 215 g/mol. The van der Waals surface area contributed by atoms with Gasteiger partial charge in [0, 0.05) is 0 Å². The van der Waals surface area contributed by atoms with Gasteiger partial charge in [0.25, 0.3) is 0 Å². The van der Waals surface area contributed by atoms with Crippen LogP contribution in [0.2, 0.25) is 0 Å². The summed E-state index contributed by atoms with van der Waals surface area (Å²) in [5.41, 5.74) is 0. The number of nitrogens with one attached hydrogen (secondary N) is 1. The normalized spacial score (nSPS) is 33.9. The van der Waals surface area contributed by atoms with Crippen LogP contribution < -0.4 is 5.32 Å². The van der Waals surface area contributed by atoms with E-state index in [1.165, 1.54) is 0 Å². The van der Waals surface area contributed by atoms with Gasteiger partial charge in [-0.05, 0) is 63.5 Å². The Hall–Kier alpha value is -0.250. The molecule has 2 aliphatic rings. The molecule has 0 aromatic carbocycles. The Balaban J connectivity index is 1.80. The van der Waals surface area contributed by atoms with Crippen molar-refractivity contribution in [3.05, 3.63) is 0 Å². The third-order valence-corrected chi connectivity index (χ3v) is 4.29. The van der Waals surface area contributed by atoms with Gasteiger partial charge in [0.2, 0.25) is 0 Å². The van der Waals surface area contributed by atoms with Crippen LogP contribution in [0.5, 0.6) is 0 Å². The van der Waals surface area contributed by atoms with E-state index < -0.39 is 12.1 Å². The van der Waals surface area contributed by atoms with Crippen LogP contribution in [0.3, 0.4) is 0 Å². The van der Waals surface area contributed by atoms with Crippen molar-refractivity contribution in [3.8, 4) is 0 Å². The van der Waals surface area contributed by atoms with Gasteiger partial charge in [0.15, 0.2) is 0 Å². The molecule has 0 radical (unpaired) electrons. The van der Waals surface area contributed by atoms with Crippen LogP contribution in [0.1, 0.15) is 38.5 Å². The summed E-state index contributed by atoms with van der Waals surface area (Å²) in [5.74, 6) is 0.210. The molecular formula is C12H20F3N. The Bertz CT molecular complexity index is 213. The molecule has 2 rings (SSSR count). The summed E-state index contributed by atoms with van der Waals surface area (Å²) in [6.45, 7) is 2.09. The number of halogens is 3. The molecule has 0 aromatic heterocycles. The Morgan fingerprint density at radius 2 is 1.25 bits per heavy atom. The van der Waals surface area contributed by atoms with E-state index in [2.05, 4.69) is 5.32 Å². The lowest BCUT2D eigenvalue weighted by atomic mass is 9.73. The van der Waals surface area contributed by atoms with E-state index >= 15 is 0 Å². The van der Waals surface area contributed by atoms with E-state index in [9.17, 15) is 13.2 Å². The third kappa shape index (κ3) is 2.90. The van der Waals surface area contributed by atoms with Crippen LogP contribution in [-0.4, -0.2) is 19.3 Å². The van der Waals surface area contributed by atoms with Crippen molar-refractivity contribution in [1.82, 2.24) is 5.32 Å². The molecule has 1 N–H and O–H groups in total. The lowest BCUT2D eigenvalue weighted by Gasteiger charge is -2.36. The standard InChI is InChI=1S/C12H20F3N/c13-12(14,15)11-3-1-9(2-4-11)10-5-7-16-8-6-10/h9-11,16H,1-8H2. The molecule has 0 amide bonds. The zero-order valence-corrected chi connectivity index (χ0v) is 9.52. The van der Waals surface area contributed by atoms with Crippen molar-refractivity contribution >= 4 is 0 Å². The molecule has 1 aliphatic carbocycles. The van der Waals surface area contributed by atoms with E-state index in [1.807, 2.05) is 0 Å². The minimum absolute atomic E-state index is 0.359. The summed E-state index contributed by atoms with van der Waals surface area (Å²) in [7, 11) is 0. The molecule has 0 unspecified atom stereocenters. The van der Waals surface area contributed by atoms with Gasteiger partial charge in [-0.25, -0.2) is 0 Å². The second-order valence-corrected chi connectivity index (χ2v) is 5.24. The highest BCUT2D eigenvalue weighted by Gasteiger charge is 2.42. The van der Waals surface area contributed by atoms with Crippen molar-refractivity contribution in [3.63, 3.8) is 0 Å². The third-order valence-electron chi connectivity index (χ3n) is 4.29. The smallest absolute Gasteiger partial charge is 0.317 e. The SMILES string of the molecule is FC(F)(F)C1CCC(C2CCNCC2)CC1. The molecule has 1 aliphatic heterocycles. The largest absolute Gasteiger partial charge is 0.391 e. The number of hydrogen-bond donors (Lipinski definition) is 1. The molecule has 4 heteroatoms. The molecule has 94 valence electrons. The van der Waals surface area contributed by atoms with Crippen LogP contribution in [0.25, 0.3) is 0 Å². The average Bonchev–Trinajstić information content (AvgIpc) is 2.29. The first-order chi connectivity index (χ1) is 7.57. The van der Waals surface area contributed by atoms with E-state index in [-0.39, 0.29) is 0 Å². The fourth-order valence-electron chi connectivity index (χ4n) is 3.23. The first-order valence-electron chi connectivity index (χ1n) is 6.35. The van der Waals surface area contributed by atoms with Gasteiger partial charge in [-0.1, -0.05) is 0 Å². The molecule has 0 atom stereocenters. The Kier molecular flexibility index (Phi) is 3.77. The maximum absolute atomic E-state index is 12.5. The minimum Gasteiger partial charge on any atom is -0.317 e. The van der Waals surface area contributed by atoms with Gasteiger partial charge >= 0.3 is 6.18 Å². The topological polar surface area (TPSA) is 12.0 Å². The summed E-state index contributed by atoms with van der Waals surface area (Å²) >= 11 is 0. The molecule has 1 saturated heterocycles. The van der Waals surface area contributed by atoms with Gasteiger partial charge in [-0.15, -0.1) is 0 Å². The molecule has 1 heterocycles. The summed E-state index contributed by atoms with van der Waals surface area (Å²) in [6, 6.07) is 0. The second kappa shape index (κ2) is 4.94. The first kappa shape index (κ1) is 12.2. The zero-order valence-electron chi connectivity index (χ0n) is 9.52. The number of alkyl halides is 3. The van der Waals surface area contributed by atoms with Gasteiger partial charge in [-0.2, -0.15) is 13.2 Å². The predicted molar refractivity (Wildman–Crippen MR) is 57.1 cm³/mol. The van der Waals surface area contributed by atoms with Crippen LogP contribution in [0.4, 0.5) is 13.2 Å². The summed E-state index contributed by atoms with van der Waals surface area (Å²) in [4.78, 5) is 0. The fraction of sp³-hybridized carbons (Fsp3) is 1.00. The Morgan fingerprint density at radius 1 is 0.750 bits per heavy atom. The zero-order chi connectivity index (χ0) is 11.6. The van der Waals surface area contributed by atoms with Crippen LogP contribution in [-0.2, 0) is 0 Å². The molecule has 0 aromatic rings. The lowest BCUT2D eigenvalue weighted by Crippen LogP contribution is -2.35. The highest BCUT2D eigenvalue weighted by atomic mass is 19.4. The fourth-order valence-corrected chi connectivity index (χ4v) is 3.23. The molecule has 1 nitrogen and oxygen atoms in total. The molecule has 1 saturated carbocycles. The maximum Gasteiger partial charge on any atom is 0.391 e. The number of hydrogen-bond acceptors (Lipinski definition) is 1. The lowest BCUT2D eigenvalue weighted by molar-refractivity contribution is -0.185. The second-order valence-electron chi connectivity index (χ2n) is 5.24. The van der Waals surface area contributed by atoms with Crippen molar-refractivity contribution in [2.24, 2.45) is 17.8 Å². The molecule has 16 heavy (non-hydrogen) atoms. The maximum atomic E-state index is 12.5. The number of rotatable bonds is 1. The van der Waals surface area contributed by atoms with Gasteiger partial charge in [0.05, 0.1) is 5.92 Å². The van der Waals surface area contributed by atoms with E-state index in [1.54, 1.807) is 0 Å². The molecule has 0 bridgehead atoms. The van der Waals surface area contributed by atoms with Crippen LogP contribution in [0.15, 0.2) is 0 Å². The highest BCUT2D eigenvalue weighted by molar-refractivity contribution is 4.82. The summed E-state index contributed by atoms with van der Waals surface area (Å²) in [6.07, 6.45) is 0.641. The first-order valence-corrected chi connectivity index (χ1v) is 6.35. The van der Waals surface area contributed by atoms with E-state index in [0.29, 0.717) is 24.7 Å². The van der Waals surface area contributed by atoms with Crippen LogP contribution >= 0.6 is 0 Å². The average molecular weight is 235 g/mol. The minimum atomic E-state index is -3.96. The van der Waals surface area contributed by atoms with Crippen molar-refractivity contribution in [2.75, 3.05) is 13.1 Å². The summed E-state index contributed by atoms with van der Waals surface area (Å²) in [5, 5.41) is 3.31. The Morgan fingerprint density at radius 3 is 1.75 bits per heavy atom. The predicted octanol–water partition coefficient (Wildman–Crippen LogP) is 3.35. The van der Waals surface area contributed by atoms with Crippen molar-refractivity contribution in [1.29, 1.82) is 0 Å². The number of piperidine rings is 1. The highest BCUT2D eigenvalue weighted by Crippen LogP contribution is 2.42. The van der Waals surface area contributed by atoms with E-state index in [4.69, 9.17) is 0 Å². The van der Waals surface area contributed by atoms with Crippen molar-refractivity contribution in [2.45, 2.75) is 44.7 Å². The monoisotopic (exact) mass is 235 g/mol. The molecule has 0 spiro atoms. The van der Waals surface area contributed by atoms with Gasteiger partial charge < -0.3 is 5.32 Å². The van der Waals surface area contributed by atoms with Crippen molar-refractivity contribution < 1.29 is 13.2 Å². The van der Waals surface area contributed by atoms with Crippen LogP contribution in [0, 0.1) is 17.8 Å². The van der Waals surface area contributed by atoms with Gasteiger partial charge in [-0.3, -0.25) is 0 Å². The molecule has 2 fully saturated rings. The Labute approximate surface area is 94.8 Å². The quantitative estimate of drug-likeness (QED) is 0.735. The van der Waals surface area contributed by atoms with Gasteiger partial charge in [0.1, 0.15) is 0 Å². The van der Waals surface area contributed by atoms with E-state index in [0.717, 1.165) is 38.8 Å².